The zero-order valence-electron chi connectivity index (χ0n) is 17.4. The average molecular weight is 389 g/mol. The van der Waals surface area contributed by atoms with Gasteiger partial charge in [-0.1, -0.05) is 13.8 Å². The summed E-state index contributed by atoms with van der Waals surface area (Å²) in [5, 5.41) is 3.04. The molecule has 0 bridgehead atoms. The van der Waals surface area contributed by atoms with E-state index in [0.29, 0.717) is 28.9 Å². The molecule has 1 saturated heterocycles. The molecule has 3 rings (SSSR count). The zero-order valence-corrected chi connectivity index (χ0v) is 17.4. The first kappa shape index (κ1) is 20.5. The highest BCUT2D eigenvalue weighted by atomic mass is 16.5. The number of carbonyl (C=O) groups excluding carboxylic acids is 2. The second-order valence-electron chi connectivity index (χ2n) is 8.29. The van der Waals surface area contributed by atoms with Gasteiger partial charge in [-0.25, -0.2) is 0 Å². The lowest BCUT2D eigenvalue weighted by molar-refractivity contribution is -0.134. The van der Waals surface area contributed by atoms with E-state index in [1.807, 2.05) is 17.9 Å². The second-order valence-corrected chi connectivity index (χ2v) is 8.29. The minimum absolute atomic E-state index is 0.00530. The van der Waals surface area contributed by atoms with Crippen molar-refractivity contribution < 1.29 is 19.1 Å². The molecular formula is C22H32N2O4. The Hall–Kier alpha value is -2.24. The third-order valence-corrected chi connectivity index (χ3v) is 5.76. The molecule has 1 aliphatic carbocycles. The van der Waals surface area contributed by atoms with Gasteiger partial charge in [0.25, 0.3) is 5.91 Å². The van der Waals surface area contributed by atoms with Gasteiger partial charge in [0.1, 0.15) is 17.6 Å². The number of hydrogen-bond donors (Lipinski definition) is 1. The molecule has 1 aromatic carbocycles. The molecule has 0 unspecified atom stereocenters. The third kappa shape index (κ3) is 4.97. The van der Waals surface area contributed by atoms with Gasteiger partial charge in [0.05, 0.1) is 12.7 Å². The van der Waals surface area contributed by atoms with Crippen molar-refractivity contribution in [2.75, 3.05) is 20.2 Å². The molecule has 6 nitrogen and oxygen atoms in total. The van der Waals surface area contributed by atoms with Gasteiger partial charge in [-0.3, -0.25) is 9.59 Å². The molecule has 2 aliphatic rings. The highest BCUT2D eigenvalue weighted by Crippen LogP contribution is 2.33. The number of nitrogens with zero attached hydrogens (tertiary/aromatic N) is 1. The summed E-state index contributed by atoms with van der Waals surface area (Å²) >= 11 is 0. The Morgan fingerprint density at radius 1 is 1.11 bits per heavy atom. The maximum absolute atomic E-state index is 12.8. The highest BCUT2D eigenvalue weighted by Gasteiger charge is 2.35. The molecule has 2 fully saturated rings. The first-order valence-corrected chi connectivity index (χ1v) is 10.3. The molecule has 1 N–H and O–H groups in total. The van der Waals surface area contributed by atoms with Crippen molar-refractivity contribution >= 4 is 11.8 Å². The van der Waals surface area contributed by atoms with Crippen molar-refractivity contribution in [2.24, 2.45) is 11.8 Å². The minimum Gasteiger partial charge on any atom is -0.497 e. The van der Waals surface area contributed by atoms with Crippen LogP contribution in [0.1, 0.15) is 56.8 Å². The summed E-state index contributed by atoms with van der Waals surface area (Å²) in [6.45, 7) is 7.59. The fourth-order valence-electron chi connectivity index (χ4n) is 3.33. The lowest BCUT2D eigenvalue weighted by Crippen LogP contribution is -2.42. The van der Waals surface area contributed by atoms with Crippen LogP contribution in [0.5, 0.6) is 11.5 Å². The van der Waals surface area contributed by atoms with Gasteiger partial charge >= 0.3 is 0 Å². The largest absolute Gasteiger partial charge is 0.497 e. The van der Waals surface area contributed by atoms with Crippen LogP contribution in [0, 0.1) is 11.8 Å². The van der Waals surface area contributed by atoms with E-state index in [2.05, 4.69) is 19.2 Å². The normalized spacial score (nSPS) is 18.7. The molecule has 28 heavy (non-hydrogen) atoms. The molecule has 0 radical (unpaired) electrons. The molecule has 1 heterocycles. The standard InChI is InChI=1S/C22H32N2O4/c1-14(2)15(3)23-21(25)19-13-18(27-4)7-8-20(19)28-17-9-11-24(12-10-17)22(26)16-5-6-16/h7-8,13-17H,5-6,9-12H2,1-4H3,(H,23,25)/t15-/m1/s1. The predicted molar refractivity (Wildman–Crippen MR) is 108 cm³/mol. The number of methoxy groups -OCH3 is 1. The number of piperidine rings is 1. The summed E-state index contributed by atoms with van der Waals surface area (Å²) < 4.78 is 11.5. The number of amides is 2. The summed E-state index contributed by atoms with van der Waals surface area (Å²) in [4.78, 5) is 27.0. The Balaban J connectivity index is 1.66. The van der Waals surface area contributed by atoms with Crippen LogP contribution in [0.2, 0.25) is 0 Å². The second kappa shape index (κ2) is 8.84. The van der Waals surface area contributed by atoms with E-state index >= 15 is 0 Å². The quantitative estimate of drug-likeness (QED) is 0.779. The number of nitrogens with one attached hydrogen (secondary N) is 1. The number of ether oxygens (including phenoxy) is 2. The molecular weight excluding hydrogens is 356 g/mol. The zero-order chi connectivity index (χ0) is 20.3. The fraction of sp³-hybridized carbons (Fsp3) is 0.636. The summed E-state index contributed by atoms with van der Waals surface area (Å²) in [6, 6.07) is 5.39. The molecule has 1 saturated carbocycles. The molecule has 6 heteroatoms. The lowest BCUT2D eigenvalue weighted by atomic mass is 10.0. The Bertz CT molecular complexity index is 706. The van der Waals surface area contributed by atoms with Crippen LogP contribution >= 0.6 is 0 Å². The fourth-order valence-corrected chi connectivity index (χ4v) is 3.33. The van der Waals surface area contributed by atoms with Crippen molar-refractivity contribution in [3.8, 4) is 11.5 Å². The maximum atomic E-state index is 12.8. The number of benzene rings is 1. The SMILES string of the molecule is COc1ccc(OC2CCN(C(=O)C3CC3)CC2)c(C(=O)N[C@H](C)C(C)C)c1. The summed E-state index contributed by atoms with van der Waals surface area (Å²) in [7, 11) is 1.58. The number of hydrogen-bond acceptors (Lipinski definition) is 4. The topological polar surface area (TPSA) is 67.9 Å². The summed E-state index contributed by atoms with van der Waals surface area (Å²) in [6.07, 6.45) is 3.65. The highest BCUT2D eigenvalue weighted by molar-refractivity contribution is 5.97. The van der Waals surface area contributed by atoms with Crippen LogP contribution in [-0.4, -0.2) is 49.1 Å². The lowest BCUT2D eigenvalue weighted by Gasteiger charge is -2.32. The molecule has 1 atom stereocenters. The molecule has 2 amide bonds. The predicted octanol–water partition coefficient (Wildman–Crippen LogP) is 3.25. The molecule has 0 spiro atoms. The van der Waals surface area contributed by atoms with Crippen LogP contribution in [0.3, 0.4) is 0 Å². The smallest absolute Gasteiger partial charge is 0.255 e. The van der Waals surface area contributed by atoms with Crippen molar-refractivity contribution in [3.05, 3.63) is 23.8 Å². The Morgan fingerprint density at radius 2 is 1.79 bits per heavy atom. The van der Waals surface area contributed by atoms with E-state index in [0.717, 1.165) is 38.8 Å². The Labute approximate surface area is 167 Å². The molecule has 0 aromatic heterocycles. The number of carbonyl (C=O) groups is 2. The maximum Gasteiger partial charge on any atom is 0.255 e. The van der Waals surface area contributed by atoms with Crippen molar-refractivity contribution in [2.45, 2.75) is 58.6 Å². The number of rotatable bonds is 7. The van der Waals surface area contributed by atoms with E-state index in [9.17, 15) is 9.59 Å². The third-order valence-electron chi connectivity index (χ3n) is 5.76. The van der Waals surface area contributed by atoms with Gasteiger partial charge in [-0.15, -0.1) is 0 Å². The number of likely N-dealkylation sites (tertiary alicyclic amines) is 1. The van der Waals surface area contributed by atoms with Gasteiger partial charge < -0.3 is 19.7 Å². The van der Waals surface area contributed by atoms with E-state index in [-0.39, 0.29) is 24.0 Å². The monoisotopic (exact) mass is 388 g/mol. The van der Waals surface area contributed by atoms with Gasteiger partial charge in [-0.05, 0) is 43.9 Å². The Morgan fingerprint density at radius 3 is 2.36 bits per heavy atom. The van der Waals surface area contributed by atoms with Gasteiger partial charge in [0.15, 0.2) is 0 Å². The van der Waals surface area contributed by atoms with Crippen LogP contribution in [0.4, 0.5) is 0 Å². The van der Waals surface area contributed by atoms with Crippen LogP contribution in [0.25, 0.3) is 0 Å². The Kier molecular flexibility index (Phi) is 6.47. The van der Waals surface area contributed by atoms with Crippen molar-refractivity contribution in [1.29, 1.82) is 0 Å². The van der Waals surface area contributed by atoms with E-state index in [1.165, 1.54) is 0 Å². The van der Waals surface area contributed by atoms with E-state index < -0.39 is 0 Å². The van der Waals surface area contributed by atoms with Gasteiger partial charge in [0, 0.05) is 37.9 Å². The molecule has 1 aliphatic heterocycles. The van der Waals surface area contributed by atoms with Gasteiger partial charge in [0.2, 0.25) is 5.91 Å². The first-order valence-electron chi connectivity index (χ1n) is 10.3. The summed E-state index contributed by atoms with van der Waals surface area (Å²) in [5.74, 6) is 1.94. The first-order chi connectivity index (χ1) is 13.4. The van der Waals surface area contributed by atoms with Crippen LogP contribution < -0.4 is 14.8 Å². The average Bonchev–Trinajstić information content (AvgIpc) is 3.53. The van der Waals surface area contributed by atoms with Crippen LogP contribution in [-0.2, 0) is 4.79 Å². The molecule has 1 aromatic rings. The van der Waals surface area contributed by atoms with E-state index in [1.54, 1.807) is 19.2 Å². The van der Waals surface area contributed by atoms with Crippen LogP contribution in [0.15, 0.2) is 18.2 Å². The van der Waals surface area contributed by atoms with Crippen molar-refractivity contribution in [1.82, 2.24) is 10.2 Å². The minimum atomic E-state index is -0.156. The summed E-state index contributed by atoms with van der Waals surface area (Å²) in [5.41, 5.74) is 0.489. The molecule has 154 valence electrons. The van der Waals surface area contributed by atoms with Gasteiger partial charge in [-0.2, -0.15) is 0 Å². The van der Waals surface area contributed by atoms with E-state index in [4.69, 9.17) is 9.47 Å². The van der Waals surface area contributed by atoms with Crippen molar-refractivity contribution in [3.63, 3.8) is 0 Å².